The van der Waals surface area contributed by atoms with Crippen molar-refractivity contribution >= 4 is 23.7 Å². The van der Waals surface area contributed by atoms with Crippen molar-refractivity contribution in [1.29, 1.82) is 0 Å². The molecule has 0 atom stereocenters. The molecular weight excluding hydrogens is 300 g/mol. The molecule has 1 N–H and O–H groups in total. The molecule has 0 bridgehead atoms. The summed E-state index contributed by atoms with van der Waals surface area (Å²) in [5.74, 6) is 0.459. The van der Waals surface area contributed by atoms with Gasteiger partial charge in [-0.2, -0.15) is 5.10 Å². The molecule has 0 saturated carbocycles. The molecule has 0 aromatic heterocycles. The molecule has 112 valence electrons. The zero-order chi connectivity index (χ0) is 15.8. The number of nitrogens with zero attached hydrogens (tertiary/aromatic N) is 1. The van der Waals surface area contributed by atoms with Gasteiger partial charge in [0.15, 0.2) is 0 Å². The third-order valence-electron chi connectivity index (χ3n) is 2.73. The number of rotatable bonds is 6. The van der Waals surface area contributed by atoms with E-state index >= 15 is 0 Å². The lowest BCUT2D eigenvalue weighted by Crippen LogP contribution is -2.17. The molecule has 2 aromatic rings. The lowest BCUT2D eigenvalue weighted by molar-refractivity contribution is 0.0955. The summed E-state index contributed by atoms with van der Waals surface area (Å²) < 4.78 is 5.38. The maximum Gasteiger partial charge on any atom is 0.271 e. The minimum Gasteiger partial charge on any atom is -0.490 e. The summed E-state index contributed by atoms with van der Waals surface area (Å²) >= 11 is 5.77. The Balaban J connectivity index is 1.90. The molecule has 0 fully saturated rings. The van der Waals surface area contributed by atoms with Crippen LogP contribution in [0, 0.1) is 0 Å². The molecule has 4 nitrogen and oxygen atoms in total. The molecule has 0 spiro atoms. The van der Waals surface area contributed by atoms with Gasteiger partial charge in [-0.1, -0.05) is 24.3 Å². The average Bonchev–Trinajstić information content (AvgIpc) is 2.54. The van der Waals surface area contributed by atoms with Gasteiger partial charge in [0.2, 0.25) is 0 Å². The zero-order valence-corrected chi connectivity index (χ0v) is 12.6. The molecule has 0 heterocycles. The molecule has 0 saturated heterocycles. The Morgan fingerprint density at radius 3 is 2.50 bits per heavy atom. The second kappa shape index (κ2) is 8.00. The Morgan fingerprint density at radius 2 is 1.86 bits per heavy atom. The molecule has 0 unspecified atom stereocenters. The van der Waals surface area contributed by atoms with E-state index in [1.54, 1.807) is 36.6 Å². The lowest BCUT2D eigenvalue weighted by Gasteiger charge is -2.03. The number of benzene rings is 2. The number of halogens is 1. The van der Waals surface area contributed by atoms with Crippen LogP contribution in [0.2, 0.25) is 5.02 Å². The van der Waals surface area contributed by atoms with Crippen molar-refractivity contribution in [2.75, 3.05) is 6.61 Å². The first-order chi connectivity index (χ1) is 10.7. The van der Waals surface area contributed by atoms with Gasteiger partial charge < -0.3 is 4.74 Å². The largest absolute Gasteiger partial charge is 0.490 e. The van der Waals surface area contributed by atoms with Gasteiger partial charge in [0.1, 0.15) is 12.4 Å². The van der Waals surface area contributed by atoms with Crippen molar-refractivity contribution in [3.8, 4) is 5.75 Å². The smallest absolute Gasteiger partial charge is 0.271 e. The Hall–Kier alpha value is -2.59. The molecular formula is C17H15ClN2O2. The second-order valence-electron chi connectivity index (χ2n) is 4.37. The summed E-state index contributed by atoms with van der Waals surface area (Å²) in [7, 11) is 0. The number of amides is 1. The van der Waals surface area contributed by atoms with Crippen LogP contribution in [0.3, 0.4) is 0 Å². The number of hydrogen-bond donors (Lipinski definition) is 1. The Bertz CT molecular complexity index is 664. The van der Waals surface area contributed by atoms with Gasteiger partial charge in [-0.25, -0.2) is 5.43 Å². The van der Waals surface area contributed by atoms with Crippen LogP contribution >= 0.6 is 11.6 Å². The van der Waals surface area contributed by atoms with Gasteiger partial charge in [-0.05, 0) is 54.1 Å². The van der Waals surface area contributed by atoms with E-state index in [-0.39, 0.29) is 5.91 Å². The van der Waals surface area contributed by atoms with Crippen LogP contribution in [0.1, 0.15) is 15.9 Å². The normalized spacial score (nSPS) is 10.4. The second-order valence-corrected chi connectivity index (χ2v) is 4.81. The Labute approximate surface area is 134 Å². The van der Waals surface area contributed by atoms with E-state index in [4.69, 9.17) is 16.3 Å². The summed E-state index contributed by atoms with van der Waals surface area (Å²) in [5, 5.41) is 4.50. The van der Waals surface area contributed by atoms with Crippen molar-refractivity contribution in [2.24, 2.45) is 5.10 Å². The van der Waals surface area contributed by atoms with Crippen LogP contribution < -0.4 is 10.2 Å². The van der Waals surface area contributed by atoms with Gasteiger partial charge in [0.05, 0.1) is 6.21 Å². The first kappa shape index (κ1) is 15.8. The number of nitrogens with one attached hydrogen (secondary N) is 1. The first-order valence-electron chi connectivity index (χ1n) is 6.62. The number of carbonyl (C=O) groups is 1. The van der Waals surface area contributed by atoms with Crippen molar-refractivity contribution in [3.63, 3.8) is 0 Å². The summed E-state index contributed by atoms with van der Waals surface area (Å²) in [6, 6.07) is 13.9. The highest BCUT2D eigenvalue weighted by Gasteiger charge is 2.02. The van der Waals surface area contributed by atoms with E-state index in [0.717, 1.165) is 11.3 Å². The van der Waals surface area contributed by atoms with Crippen molar-refractivity contribution < 1.29 is 9.53 Å². The molecule has 2 rings (SSSR count). The van der Waals surface area contributed by atoms with Crippen LogP contribution in [-0.2, 0) is 0 Å². The van der Waals surface area contributed by atoms with Gasteiger partial charge >= 0.3 is 0 Å². The van der Waals surface area contributed by atoms with E-state index in [1.165, 1.54) is 0 Å². The molecule has 0 radical (unpaired) electrons. The van der Waals surface area contributed by atoms with Crippen molar-refractivity contribution in [3.05, 3.63) is 77.3 Å². The summed E-state index contributed by atoms with van der Waals surface area (Å²) in [4.78, 5) is 11.8. The van der Waals surface area contributed by atoms with Crippen LogP contribution in [-0.4, -0.2) is 18.7 Å². The topological polar surface area (TPSA) is 50.7 Å². The van der Waals surface area contributed by atoms with Gasteiger partial charge in [0, 0.05) is 10.6 Å². The summed E-state index contributed by atoms with van der Waals surface area (Å²) in [6.45, 7) is 4.05. The number of carbonyl (C=O) groups excluding carboxylic acids is 1. The van der Waals surface area contributed by atoms with Gasteiger partial charge in [0.25, 0.3) is 5.91 Å². The first-order valence-corrected chi connectivity index (χ1v) is 6.99. The summed E-state index contributed by atoms with van der Waals surface area (Å²) in [5.41, 5.74) is 3.80. The van der Waals surface area contributed by atoms with E-state index in [2.05, 4.69) is 17.1 Å². The maximum atomic E-state index is 11.8. The van der Waals surface area contributed by atoms with Crippen LogP contribution in [0.25, 0.3) is 0 Å². The fourth-order valence-electron chi connectivity index (χ4n) is 1.64. The predicted octanol–water partition coefficient (Wildman–Crippen LogP) is 3.67. The van der Waals surface area contributed by atoms with E-state index in [9.17, 15) is 4.79 Å². The quantitative estimate of drug-likeness (QED) is 0.502. The van der Waals surface area contributed by atoms with Crippen molar-refractivity contribution in [1.82, 2.24) is 5.43 Å². The van der Waals surface area contributed by atoms with Crippen LogP contribution in [0.4, 0.5) is 0 Å². The SMILES string of the molecule is C=CCOc1ccc(C=NNC(=O)c2ccc(Cl)cc2)cc1. The number of hydrogen-bond acceptors (Lipinski definition) is 3. The highest BCUT2D eigenvalue weighted by Crippen LogP contribution is 2.11. The van der Waals surface area contributed by atoms with Crippen molar-refractivity contribution in [2.45, 2.75) is 0 Å². The Kier molecular flexibility index (Phi) is 5.74. The molecule has 0 aliphatic heterocycles. The highest BCUT2D eigenvalue weighted by molar-refractivity contribution is 6.30. The molecule has 22 heavy (non-hydrogen) atoms. The van der Waals surface area contributed by atoms with Gasteiger partial charge in [-0.3, -0.25) is 4.79 Å². The maximum absolute atomic E-state index is 11.8. The molecule has 0 aliphatic carbocycles. The Morgan fingerprint density at radius 1 is 1.18 bits per heavy atom. The number of hydrazone groups is 1. The zero-order valence-electron chi connectivity index (χ0n) is 11.8. The molecule has 1 amide bonds. The average molecular weight is 315 g/mol. The van der Waals surface area contributed by atoms with Crippen LogP contribution in [0.15, 0.2) is 66.3 Å². The lowest BCUT2D eigenvalue weighted by atomic mass is 10.2. The number of ether oxygens (including phenoxy) is 1. The standard InChI is InChI=1S/C17H15ClN2O2/c1-2-11-22-16-9-3-13(4-10-16)12-19-20-17(21)14-5-7-15(18)8-6-14/h2-10,12H,1,11H2,(H,20,21). The fourth-order valence-corrected chi connectivity index (χ4v) is 1.76. The van der Waals surface area contributed by atoms with Crippen LogP contribution in [0.5, 0.6) is 5.75 Å². The van der Waals surface area contributed by atoms with E-state index in [0.29, 0.717) is 17.2 Å². The minimum absolute atomic E-state index is 0.293. The highest BCUT2D eigenvalue weighted by atomic mass is 35.5. The van der Waals surface area contributed by atoms with Gasteiger partial charge in [-0.15, -0.1) is 0 Å². The third kappa shape index (κ3) is 4.75. The minimum atomic E-state index is -0.293. The van der Waals surface area contributed by atoms with E-state index < -0.39 is 0 Å². The van der Waals surface area contributed by atoms with E-state index in [1.807, 2.05) is 24.3 Å². The fraction of sp³-hybridized carbons (Fsp3) is 0.0588. The monoisotopic (exact) mass is 314 g/mol. The predicted molar refractivity (Wildman–Crippen MR) is 88.6 cm³/mol. The summed E-state index contributed by atoms with van der Waals surface area (Å²) in [6.07, 6.45) is 3.24. The molecule has 5 heteroatoms. The molecule has 0 aliphatic rings. The third-order valence-corrected chi connectivity index (χ3v) is 2.99. The molecule has 2 aromatic carbocycles.